The molecule has 0 bridgehead atoms. The van der Waals surface area contributed by atoms with Crippen molar-refractivity contribution in [2.45, 2.75) is 0 Å². The van der Waals surface area contributed by atoms with Crippen molar-refractivity contribution in [2.24, 2.45) is 0 Å². The van der Waals surface area contributed by atoms with Crippen LogP contribution in [0.3, 0.4) is 0 Å². The molecule has 1 heterocycles. The lowest BCUT2D eigenvalue weighted by molar-refractivity contribution is -0.120. The Labute approximate surface area is 85.8 Å². The molecule has 0 aliphatic heterocycles. The van der Waals surface area contributed by atoms with Crippen molar-refractivity contribution in [2.75, 3.05) is 0 Å². The van der Waals surface area contributed by atoms with E-state index in [4.69, 9.17) is 4.74 Å². The number of carbonyl (C=O) groups excluding carboxylic acids is 1. The standard InChI is InChI=1S/C11H8O2S/c12-8-13-10-5-2-1-4-9(10)11-6-3-7-14-11/h1-8H. The first-order valence-corrected chi connectivity index (χ1v) is 5.03. The summed E-state index contributed by atoms with van der Waals surface area (Å²) in [4.78, 5) is 11.4. The van der Waals surface area contributed by atoms with Gasteiger partial charge in [0, 0.05) is 10.4 Å². The van der Waals surface area contributed by atoms with Crippen LogP contribution in [-0.4, -0.2) is 6.47 Å². The summed E-state index contributed by atoms with van der Waals surface area (Å²) >= 11 is 1.62. The lowest BCUT2D eigenvalue weighted by atomic mass is 10.2. The maximum absolute atomic E-state index is 10.3. The topological polar surface area (TPSA) is 26.3 Å². The fraction of sp³-hybridized carbons (Fsp3) is 0. The highest BCUT2D eigenvalue weighted by Crippen LogP contribution is 2.32. The van der Waals surface area contributed by atoms with Crippen molar-refractivity contribution in [3.8, 4) is 16.2 Å². The summed E-state index contributed by atoms with van der Waals surface area (Å²) in [7, 11) is 0. The third-order valence-corrected chi connectivity index (χ3v) is 2.75. The van der Waals surface area contributed by atoms with Crippen LogP contribution in [0.5, 0.6) is 5.75 Å². The zero-order chi connectivity index (χ0) is 9.80. The molecule has 0 fully saturated rings. The molecule has 1 aromatic carbocycles. The van der Waals surface area contributed by atoms with Crippen molar-refractivity contribution < 1.29 is 9.53 Å². The molecule has 0 amide bonds. The van der Waals surface area contributed by atoms with Crippen LogP contribution in [0.15, 0.2) is 41.8 Å². The first-order chi connectivity index (χ1) is 6.92. The van der Waals surface area contributed by atoms with Crippen LogP contribution < -0.4 is 4.74 Å². The lowest BCUT2D eigenvalue weighted by Gasteiger charge is -2.03. The zero-order valence-corrected chi connectivity index (χ0v) is 8.16. The van der Waals surface area contributed by atoms with E-state index in [-0.39, 0.29) is 0 Å². The molecule has 14 heavy (non-hydrogen) atoms. The molecule has 0 aliphatic rings. The number of hydrogen-bond donors (Lipinski definition) is 0. The Morgan fingerprint density at radius 1 is 1.14 bits per heavy atom. The van der Waals surface area contributed by atoms with Gasteiger partial charge in [-0.15, -0.1) is 11.3 Å². The van der Waals surface area contributed by atoms with Gasteiger partial charge in [-0.2, -0.15) is 0 Å². The van der Waals surface area contributed by atoms with Gasteiger partial charge in [0.25, 0.3) is 6.47 Å². The van der Waals surface area contributed by atoms with Gasteiger partial charge in [0.1, 0.15) is 5.75 Å². The molecular formula is C11H8O2S. The normalized spacial score (nSPS) is 9.71. The van der Waals surface area contributed by atoms with Gasteiger partial charge in [0.05, 0.1) is 0 Å². The molecule has 0 saturated carbocycles. The summed E-state index contributed by atoms with van der Waals surface area (Å²) in [5, 5.41) is 1.99. The number of hydrogen-bond acceptors (Lipinski definition) is 3. The van der Waals surface area contributed by atoms with E-state index in [2.05, 4.69) is 0 Å². The van der Waals surface area contributed by atoms with Crippen LogP contribution in [0, 0.1) is 0 Å². The minimum absolute atomic E-state index is 0.451. The fourth-order valence-electron chi connectivity index (χ4n) is 1.26. The van der Waals surface area contributed by atoms with E-state index >= 15 is 0 Å². The Hall–Kier alpha value is -1.61. The molecule has 2 nitrogen and oxygen atoms in total. The van der Waals surface area contributed by atoms with Crippen molar-refractivity contribution in [3.05, 3.63) is 41.8 Å². The third kappa shape index (κ3) is 1.67. The summed E-state index contributed by atoms with van der Waals surface area (Å²) in [6.07, 6.45) is 0. The van der Waals surface area contributed by atoms with Crippen molar-refractivity contribution >= 4 is 17.8 Å². The second-order valence-corrected chi connectivity index (χ2v) is 3.64. The Morgan fingerprint density at radius 3 is 2.71 bits per heavy atom. The predicted molar refractivity (Wildman–Crippen MR) is 56.4 cm³/mol. The second kappa shape index (κ2) is 4.07. The van der Waals surface area contributed by atoms with Gasteiger partial charge in [0.15, 0.2) is 0 Å². The van der Waals surface area contributed by atoms with E-state index < -0.39 is 0 Å². The van der Waals surface area contributed by atoms with Gasteiger partial charge in [-0.05, 0) is 23.6 Å². The molecule has 0 N–H and O–H groups in total. The fourth-order valence-corrected chi connectivity index (χ4v) is 2.01. The molecule has 2 aromatic rings. The molecule has 70 valence electrons. The monoisotopic (exact) mass is 204 g/mol. The van der Waals surface area contributed by atoms with E-state index in [1.54, 1.807) is 17.4 Å². The molecule has 1 aromatic heterocycles. The smallest absolute Gasteiger partial charge is 0.298 e. The number of carbonyl (C=O) groups is 1. The highest BCUT2D eigenvalue weighted by atomic mass is 32.1. The summed E-state index contributed by atoms with van der Waals surface area (Å²) in [5.41, 5.74) is 0.953. The molecule has 0 saturated heterocycles. The van der Waals surface area contributed by atoms with Gasteiger partial charge in [0.2, 0.25) is 0 Å². The molecule has 2 rings (SSSR count). The van der Waals surface area contributed by atoms with Crippen LogP contribution in [-0.2, 0) is 4.79 Å². The largest absolute Gasteiger partial charge is 0.428 e. The van der Waals surface area contributed by atoms with Gasteiger partial charge in [-0.1, -0.05) is 18.2 Å². The molecule has 3 heteroatoms. The van der Waals surface area contributed by atoms with Gasteiger partial charge in [-0.3, -0.25) is 4.79 Å². The van der Waals surface area contributed by atoms with Gasteiger partial charge in [-0.25, -0.2) is 0 Å². The van der Waals surface area contributed by atoms with E-state index in [1.807, 2.05) is 35.7 Å². The minimum Gasteiger partial charge on any atom is -0.428 e. The molecule has 0 unspecified atom stereocenters. The zero-order valence-electron chi connectivity index (χ0n) is 7.34. The molecule has 0 radical (unpaired) electrons. The van der Waals surface area contributed by atoms with Crippen molar-refractivity contribution in [1.82, 2.24) is 0 Å². The summed E-state index contributed by atoms with van der Waals surface area (Å²) in [6.45, 7) is 0.451. The summed E-state index contributed by atoms with van der Waals surface area (Å²) in [6, 6.07) is 11.5. The molecular weight excluding hydrogens is 196 g/mol. The Balaban J connectivity index is 2.46. The molecule has 0 atom stereocenters. The van der Waals surface area contributed by atoms with Crippen molar-refractivity contribution in [1.29, 1.82) is 0 Å². The Kier molecular flexibility index (Phi) is 2.60. The van der Waals surface area contributed by atoms with E-state index in [1.165, 1.54) is 0 Å². The predicted octanol–water partition coefficient (Wildman–Crippen LogP) is 2.95. The highest BCUT2D eigenvalue weighted by Gasteiger charge is 2.05. The Morgan fingerprint density at radius 2 is 2.00 bits per heavy atom. The Bertz CT molecular complexity index is 421. The number of benzene rings is 1. The van der Waals surface area contributed by atoms with Crippen LogP contribution in [0.4, 0.5) is 0 Å². The maximum atomic E-state index is 10.3. The highest BCUT2D eigenvalue weighted by molar-refractivity contribution is 7.13. The first kappa shape index (κ1) is 8.97. The van der Waals surface area contributed by atoms with E-state index in [0.717, 1.165) is 10.4 Å². The van der Waals surface area contributed by atoms with Crippen LogP contribution in [0.25, 0.3) is 10.4 Å². The number of thiophene rings is 1. The minimum atomic E-state index is 0.451. The maximum Gasteiger partial charge on any atom is 0.298 e. The number of rotatable bonds is 3. The van der Waals surface area contributed by atoms with E-state index in [0.29, 0.717) is 12.2 Å². The second-order valence-electron chi connectivity index (χ2n) is 2.69. The molecule has 0 spiro atoms. The summed E-state index contributed by atoms with van der Waals surface area (Å²) in [5.74, 6) is 0.602. The van der Waals surface area contributed by atoms with Gasteiger partial charge < -0.3 is 4.74 Å². The SMILES string of the molecule is O=COc1ccccc1-c1cccs1. The average Bonchev–Trinajstić information content (AvgIpc) is 2.72. The van der Waals surface area contributed by atoms with Crippen LogP contribution in [0.1, 0.15) is 0 Å². The third-order valence-electron chi connectivity index (χ3n) is 1.85. The van der Waals surface area contributed by atoms with Gasteiger partial charge >= 0.3 is 0 Å². The van der Waals surface area contributed by atoms with Crippen molar-refractivity contribution in [3.63, 3.8) is 0 Å². The molecule has 0 aliphatic carbocycles. The summed E-state index contributed by atoms with van der Waals surface area (Å²) < 4.78 is 4.89. The first-order valence-electron chi connectivity index (χ1n) is 4.15. The van der Waals surface area contributed by atoms with E-state index in [9.17, 15) is 4.79 Å². The van der Waals surface area contributed by atoms with Crippen LogP contribution >= 0.6 is 11.3 Å². The average molecular weight is 204 g/mol. The quantitative estimate of drug-likeness (QED) is 0.718. The number of para-hydroxylation sites is 1. The van der Waals surface area contributed by atoms with Crippen LogP contribution in [0.2, 0.25) is 0 Å². The number of ether oxygens (including phenoxy) is 1. The lowest BCUT2D eigenvalue weighted by Crippen LogP contribution is -1.90.